The minimum absolute atomic E-state index is 0.00919. The maximum atomic E-state index is 12.7. The number of amides is 1. The Morgan fingerprint density at radius 2 is 1.55 bits per heavy atom. The summed E-state index contributed by atoms with van der Waals surface area (Å²) in [7, 11) is 0. The van der Waals surface area contributed by atoms with Crippen molar-refractivity contribution in [3.8, 4) is 0 Å². The van der Waals surface area contributed by atoms with Crippen LogP contribution in [0.1, 0.15) is 21.5 Å². The molecule has 1 saturated heterocycles. The number of nitrogens with zero attached hydrogens (tertiary/aromatic N) is 3. The summed E-state index contributed by atoms with van der Waals surface area (Å²) in [6.45, 7) is 2.36. The lowest BCUT2D eigenvalue weighted by Gasteiger charge is -2.37. The number of nitrogens with two attached hydrogens (primary N) is 1. The van der Waals surface area contributed by atoms with Gasteiger partial charge in [0.1, 0.15) is 0 Å². The highest BCUT2D eigenvalue weighted by Gasteiger charge is 2.26. The molecule has 0 aliphatic carbocycles. The van der Waals surface area contributed by atoms with E-state index in [1.54, 1.807) is 6.07 Å². The van der Waals surface area contributed by atoms with E-state index in [0.29, 0.717) is 43.9 Å². The second kappa shape index (κ2) is 8.87. The first-order valence-corrected chi connectivity index (χ1v) is 10.2. The number of rotatable bonds is 5. The molecule has 1 amide bonds. The van der Waals surface area contributed by atoms with Crippen molar-refractivity contribution >= 4 is 23.0 Å². The van der Waals surface area contributed by atoms with Crippen LogP contribution in [0.2, 0.25) is 0 Å². The van der Waals surface area contributed by atoms with E-state index in [-0.39, 0.29) is 11.6 Å². The van der Waals surface area contributed by atoms with Gasteiger partial charge in [-0.15, -0.1) is 0 Å². The third kappa shape index (κ3) is 4.50. The molecule has 1 aliphatic heterocycles. The number of nitrogen functional groups attached to an aromatic ring is 1. The third-order valence-electron chi connectivity index (χ3n) is 5.56. The topological polar surface area (TPSA) is 92.7 Å². The fraction of sp³-hybridized carbons (Fsp3) is 0.208. The largest absolute Gasteiger partial charge is 0.397 e. The molecule has 0 unspecified atom stereocenters. The van der Waals surface area contributed by atoms with Crippen LogP contribution in [-0.2, 0) is 6.42 Å². The van der Waals surface area contributed by atoms with Gasteiger partial charge in [0.2, 0.25) is 0 Å². The van der Waals surface area contributed by atoms with Crippen molar-refractivity contribution in [2.24, 2.45) is 0 Å². The SMILES string of the molecule is Nc1cc([N+](=O)[O-])cc(Cc2ccccc2)c1N1CCN(C(=O)c2ccccc2)CC1. The zero-order valence-electron chi connectivity index (χ0n) is 17.1. The van der Waals surface area contributed by atoms with Crippen molar-refractivity contribution in [1.82, 2.24) is 4.90 Å². The molecule has 3 aromatic rings. The number of benzene rings is 3. The molecule has 0 aromatic heterocycles. The number of nitro groups is 1. The number of non-ortho nitro benzene ring substituents is 1. The average molecular weight is 416 g/mol. The van der Waals surface area contributed by atoms with E-state index >= 15 is 0 Å². The standard InChI is InChI=1S/C24H24N4O3/c25-22-17-21(28(30)31)16-20(15-18-7-3-1-4-8-18)23(22)26-11-13-27(14-12-26)24(29)19-9-5-2-6-10-19/h1-10,16-17H,11-15,25H2. The predicted octanol–water partition coefficient (Wildman–Crippen LogP) is 3.73. The van der Waals surface area contributed by atoms with Crippen molar-refractivity contribution in [3.63, 3.8) is 0 Å². The van der Waals surface area contributed by atoms with Gasteiger partial charge in [0, 0.05) is 43.9 Å². The molecule has 7 heteroatoms. The van der Waals surface area contributed by atoms with Gasteiger partial charge in [0.05, 0.1) is 16.3 Å². The number of piperazine rings is 1. The number of carbonyl (C=O) groups is 1. The van der Waals surface area contributed by atoms with Gasteiger partial charge in [0.15, 0.2) is 0 Å². The highest BCUT2D eigenvalue weighted by molar-refractivity contribution is 5.94. The van der Waals surface area contributed by atoms with Crippen LogP contribution in [0.25, 0.3) is 0 Å². The van der Waals surface area contributed by atoms with Crippen molar-refractivity contribution in [2.75, 3.05) is 36.8 Å². The number of anilines is 2. The second-order valence-corrected chi connectivity index (χ2v) is 7.61. The van der Waals surface area contributed by atoms with Crippen LogP contribution in [0, 0.1) is 10.1 Å². The van der Waals surface area contributed by atoms with Crippen molar-refractivity contribution < 1.29 is 9.72 Å². The lowest BCUT2D eigenvalue weighted by atomic mass is 10.00. The summed E-state index contributed by atoms with van der Waals surface area (Å²) in [6.07, 6.45) is 0.547. The Labute approximate surface area is 180 Å². The minimum atomic E-state index is -0.412. The Kier molecular flexibility index (Phi) is 5.84. The summed E-state index contributed by atoms with van der Waals surface area (Å²) in [5.74, 6) is 0.0152. The molecule has 158 valence electrons. The molecule has 1 aliphatic rings. The van der Waals surface area contributed by atoms with E-state index < -0.39 is 4.92 Å². The molecule has 0 spiro atoms. The molecule has 3 aromatic carbocycles. The predicted molar refractivity (Wildman–Crippen MR) is 121 cm³/mol. The number of nitro benzene ring substituents is 1. The molecule has 4 rings (SSSR count). The molecular formula is C24H24N4O3. The fourth-order valence-electron chi connectivity index (χ4n) is 4.04. The van der Waals surface area contributed by atoms with Crippen molar-refractivity contribution in [2.45, 2.75) is 6.42 Å². The van der Waals surface area contributed by atoms with E-state index in [2.05, 4.69) is 4.90 Å². The first-order chi connectivity index (χ1) is 15.0. The van der Waals surface area contributed by atoms with E-state index in [0.717, 1.165) is 16.8 Å². The maximum absolute atomic E-state index is 12.7. The van der Waals surface area contributed by atoms with Crippen LogP contribution < -0.4 is 10.6 Å². The van der Waals surface area contributed by atoms with Gasteiger partial charge in [-0.05, 0) is 29.7 Å². The zero-order valence-corrected chi connectivity index (χ0v) is 17.1. The summed E-state index contributed by atoms with van der Waals surface area (Å²) in [5, 5.41) is 11.4. The summed E-state index contributed by atoms with van der Waals surface area (Å²) in [4.78, 5) is 27.7. The van der Waals surface area contributed by atoms with Crippen LogP contribution in [0.4, 0.5) is 17.1 Å². The Bertz CT molecular complexity index is 1080. The zero-order chi connectivity index (χ0) is 21.8. The first-order valence-electron chi connectivity index (χ1n) is 10.2. The summed E-state index contributed by atoms with van der Waals surface area (Å²) < 4.78 is 0. The monoisotopic (exact) mass is 416 g/mol. The Morgan fingerprint density at radius 3 is 2.16 bits per heavy atom. The van der Waals surface area contributed by atoms with E-state index in [9.17, 15) is 14.9 Å². The number of hydrogen-bond donors (Lipinski definition) is 1. The Balaban J connectivity index is 1.57. The molecule has 0 atom stereocenters. The van der Waals surface area contributed by atoms with Crippen molar-refractivity contribution in [1.29, 1.82) is 0 Å². The minimum Gasteiger partial charge on any atom is -0.397 e. The number of carbonyl (C=O) groups excluding carboxylic acids is 1. The second-order valence-electron chi connectivity index (χ2n) is 7.61. The highest BCUT2D eigenvalue weighted by atomic mass is 16.6. The quantitative estimate of drug-likeness (QED) is 0.389. The van der Waals surface area contributed by atoms with Gasteiger partial charge in [-0.3, -0.25) is 14.9 Å². The highest BCUT2D eigenvalue weighted by Crippen LogP contribution is 2.35. The molecule has 31 heavy (non-hydrogen) atoms. The number of hydrogen-bond acceptors (Lipinski definition) is 5. The molecule has 1 heterocycles. The van der Waals surface area contributed by atoms with E-state index in [1.807, 2.05) is 65.6 Å². The van der Waals surface area contributed by atoms with Gasteiger partial charge < -0.3 is 15.5 Å². The Morgan fingerprint density at radius 1 is 0.935 bits per heavy atom. The van der Waals surface area contributed by atoms with Gasteiger partial charge in [-0.2, -0.15) is 0 Å². The smallest absolute Gasteiger partial charge is 0.271 e. The van der Waals surface area contributed by atoms with Crippen LogP contribution in [0.5, 0.6) is 0 Å². The Hall–Kier alpha value is -3.87. The third-order valence-corrected chi connectivity index (χ3v) is 5.56. The van der Waals surface area contributed by atoms with E-state index in [1.165, 1.54) is 6.07 Å². The van der Waals surface area contributed by atoms with E-state index in [4.69, 9.17) is 5.73 Å². The average Bonchev–Trinajstić information content (AvgIpc) is 2.80. The molecular weight excluding hydrogens is 392 g/mol. The molecule has 2 N–H and O–H groups in total. The molecule has 0 radical (unpaired) electrons. The van der Waals surface area contributed by atoms with Gasteiger partial charge in [0.25, 0.3) is 11.6 Å². The van der Waals surface area contributed by atoms with Crippen LogP contribution in [-0.4, -0.2) is 41.9 Å². The molecule has 7 nitrogen and oxygen atoms in total. The van der Waals surface area contributed by atoms with Crippen LogP contribution in [0.15, 0.2) is 72.8 Å². The molecule has 1 fully saturated rings. The lowest BCUT2D eigenvalue weighted by molar-refractivity contribution is -0.384. The van der Waals surface area contributed by atoms with Gasteiger partial charge >= 0.3 is 0 Å². The van der Waals surface area contributed by atoms with Gasteiger partial charge in [-0.1, -0.05) is 48.5 Å². The fourth-order valence-corrected chi connectivity index (χ4v) is 4.04. The maximum Gasteiger partial charge on any atom is 0.271 e. The van der Waals surface area contributed by atoms with Gasteiger partial charge in [-0.25, -0.2) is 0 Å². The summed E-state index contributed by atoms with van der Waals surface area (Å²) in [6, 6.07) is 22.1. The molecule has 0 saturated carbocycles. The summed E-state index contributed by atoms with van der Waals surface area (Å²) in [5.41, 5.74) is 10.1. The van der Waals surface area contributed by atoms with Crippen molar-refractivity contribution in [3.05, 3.63) is 99.6 Å². The van der Waals surface area contributed by atoms with Crippen LogP contribution >= 0.6 is 0 Å². The normalized spacial score (nSPS) is 13.8. The lowest BCUT2D eigenvalue weighted by Crippen LogP contribution is -2.49. The molecule has 0 bridgehead atoms. The summed E-state index contributed by atoms with van der Waals surface area (Å²) >= 11 is 0. The first kappa shape index (κ1) is 20.4. The van der Waals surface area contributed by atoms with Crippen LogP contribution in [0.3, 0.4) is 0 Å².